The van der Waals surface area contributed by atoms with Gasteiger partial charge < -0.3 is 105 Å². The van der Waals surface area contributed by atoms with Crippen LogP contribution < -0.4 is 76.3 Å². The molecule has 0 saturated heterocycles. The first-order valence-electron chi connectivity index (χ1n) is 35.7. The van der Waals surface area contributed by atoms with E-state index in [1.807, 2.05) is 6.07 Å². The Kier molecular flexibility index (Phi) is 57.9. The maximum atomic E-state index is 11.9. The summed E-state index contributed by atoms with van der Waals surface area (Å²) in [6, 6.07) is 24.1. The van der Waals surface area contributed by atoms with E-state index >= 15 is 0 Å². The van der Waals surface area contributed by atoms with Crippen LogP contribution in [-0.4, -0.2) is 158 Å². The molecule has 5 atom stereocenters. The summed E-state index contributed by atoms with van der Waals surface area (Å²) >= 11 is 0. The van der Waals surface area contributed by atoms with Gasteiger partial charge in [0.1, 0.15) is 66.4 Å². The molecule has 0 aromatic heterocycles. The summed E-state index contributed by atoms with van der Waals surface area (Å²) in [6.45, 7) is 3.25. The van der Waals surface area contributed by atoms with Crippen molar-refractivity contribution in [2.75, 3.05) is 72.4 Å². The van der Waals surface area contributed by atoms with E-state index < -0.39 is 85.5 Å². The Morgan fingerprint density at radius 2 is 0.550 bits per heavy atom. The first-order chi connectivity index (χ1) is 52.2. The van der Waals surface area contributed by atoms with E-state index in [-0.39, 0.29) is 39.6 Å². The molecule has 4 aromatic rings. The van der Waals surface area contributed by atoms with Crippen LogP contribution in [0.5, 0.6) is 23.0 Å². The van der Waals surface area contributed by atoms with Gasteiger partial charge in [0.15, 0.2) is 0 Å². The van der Waals surface area contributed by atoms with Crippen LogP contribution in [0.1, 0.15) is 151 Å². The number of benzene rings is 4. The molecule has 20 N–H and O–H groups in total. The summed E-state index contributed by atoms with van der Waals surface area (Å²) in [4.78, 5) is 130. The fourth-order valence-corrected chi connectivity index (χ4v) is 8.98. The number of esters is 5. The average molecular weight is 1550 g/mol. The molecule has 0 aliphatic carbocycles. The van der Waals surface area contributed by atoms with Crippen molar-refractivity contribution in [2.45, 2.75) is 184 Å². The van der Waals surface area contributed by atoms with Crippen molar-refractivity contribution in [1.82, 2.24) is 0 Å². The minimum Gasteiger partial charge on any atom is -0.465 e. The summed E-state index contributed by atoms with van der Waals surface area (Å²) in [7, 11) is 0. The second kappa shape index (κ2) is 63.9. The van der Waals surface area contributed by atoms with Gasteiger partial charge in [0.2, 0.25) is 0 Å². The molecule has 40 nitrogen and oxygen atoms in total. The van der Waals surface area contributed by atoms with E-state index in [4.69, 9.17) is 81.0 Å². The third-order valence-electron chi connectivity index (χ3n) is 14.9. The minimum absolute atomic E-state index is 0.0157. The molecule has 40 heteroatoms. The number of nitrogens with zero attached hydrogens (tertiary/aromatic N) is 5. The minimum atomic E-state index is -0.843. The highest BCUT2D eigenvalue weighted by Crippen LogP contribution is 2.20. The Labute approximate surface area is 631 Å². The summed E-state index contributed by atoms with van der Waals surface area (Å²) < 4.78 is 25.8. The molecule has 0 bridgehead atoms. The third kappa shape index (κ3) is 55.9. The number of carbonyl (C=O) groups is 5. The van der Waals surface area contributed by atoms with E-state index in [1.165, 1.54) is 0 Å². The van der Waals surface area contributed by atoms with Crippen LogP contribution in [0, 0.1) is 50.6 Å². The van der Waals surface area contributed by atoms with Crippen molar-refractivity contribution in [2.24, 2.45) is 57.3 Å². The SMILES string of the molecule is NCCCCC(N)C(=O)OCCCCCO[N+](=O)[O-].NCCCCC(N)C(=O)Oc1ccc(CCCO[N+](=O)[O-])cc1.NCCCCC(N)C(=O)Oc1ccc(CCO[N+](=O)[O-])cc1.NCCCCC(N)C(=O)Oc1cccc(CCCO[N+](=O)[O-])c1.NCCCCC(N)C(=O)Oc1cccc(CCO[N+](=O)[O-])c1. The Hall–Kier alpha value is -10.2. The van der Waals surface area contributed by atoms with E-state index in [1.54, 1.807) is 91.0 Å². The highest BCUT2D eigenvalue weighted by molar-refractivity contribution is 5.79. The number of rotatable bonds is 54. The Morgan fingerprint density at radius 1 is 0.284 bits per heavy atom. The van der Waals surface area contributed by atoms with Crippen molar-refractivity contribution in [3.63, 3.8) is 0 Å². The second-order valence-corrected chi connectivity index (χ2v) is 23.9. The molecule has 4 aromatic carbocycles. The first-order valence-corrected chi connectivity index (χ1v) is 35.7. The molecule has 0 amide bonds. The van der Waals surface area contributed by atoms with Gasteiger partial charge in [-0.2, -0.15) is 0 Å². The Morgan fingerprint density at radius 3 is 0.881 bits per heavy atom. The van der Waals surface area contributed by atoms with Gasteiger partial charge in [-0.05, 0) is 226 Å². The van der Waals surface area contributed by atoms with Gasteiger partial charge in [0, 0.05) is 0 Å². The summed E-state index contributed by atoms with van der Waals surface area (Å²) in [5.41, 5.74) is 59.0. The molecule has 0 fully saturated rings. The molecule has 612 valence electrons. The van der Waals surface area contributed by atoms with E-state index in [0.717, 1.165) is 86.5 Å². The van der Waals surface area contributed by atoms with Crippen LogP contribution in [0.3, 0.4) is 0 Å². The third-order valence-corrected chi connectivity index (χ3v) is 14.9. The molecule has 0 heterocycles. The molecule has 0 saturated carbocycles. The number of hydrogen-bond donors (Lipinski definition) is 10. The molecule has 0 aliphatic rings. The summed E-state index contributed by atoms with van der Waals surface area (Å²) in [6.07, 6.45) is 15.7. The highest BCUT2D eigenvalue weighted by Gasteiger charge is 2.20. The fourth-order valence-electron chi connectivity index (χ4n) is 8.98. The number of aryl methyl sites for hydroxylation is 2. The predicted molar refractivity (Wildman–Crippen MR) is 396 cm³/mol. The molecular formula is C69H111N15O25. The second-order valence-electron chi connectivity index (χ2n) is 23.9. The van der Waals surface area contributed by atoms with Crippen LogP contribution in [-0.2, 0) is 78.6 Å². The number of nitrogens with two attached hydrogens (primary N) is 10. The molecule has 5 unspecified atom stereocenters. The topological polar surface area (TPSA) is 654 Å². The van der Waals surface area contributed by atoms with Crippen molar-refractivity contribution >= 4 is 29.8 Å². The summed E-state index contributed by atoms with van der Waals surface area (Å²) in [5.74, 6) is -0.747. The van der Waals surface area contributed by atoms with E-state index in [2.05, 4.69) is 24.2 Å². The molecular weight excluding hydrogens is 1440 g/mol. The molecule has 0 aliphatic heterocycles. The van der Waals surface area contributed by atoms with Crippen LogP contribution in [0.4, 0.5) is 0 Å². The Bertz CT molecular complexity index is 3190. The fraction of sp³-hybridized carbons (Fsp3) is 0.580. The predicted octanol–water partition coefficient (Wildman–Crippen LogP) is 4.34. The molecule has 0 radical (unpaired) electrons. The largest absolute Gasteiger partial charge is 0.465 e. The van der Waals surface area contributed by atoms with Crippen LogP contribution in [0.2, 0.25) is 0 Å². The maximum Gasteiger partial charge on any atom is 0.328 e. The standard InChI is InChI=1S/2C15H23N3O5.2C14H21N3O5.C11H23N3O5/c16-9-2-1-8-14(17)15(19)23-13-7-3-5-12(11-13)6-4-10-22-18(20)21;16-10-2-1-5-14(17)15(19)23-13-8-6-12(7-9-13)4-3-11-22-18(20)21;15-8-2-1-6-13(16)14(18)22-12-5-3-4-11(10-12)7-9-21-17(19)20;15-9-2-1-3-13(16)14(18)22-12-6-4-11(5-7-12)8-10-21-17(19)20;12-7-3-2-6-10(13)11(15)18-8-4-1-5-9-19-14(16)17/h3,5,7,11,14H,1-2,4,6,8-10,16-17H2;6-9,14H,1-5,10-11,16-17H2;3-5,10,13H,1-2,6-9,15-16H2;4-7,13H,1-3,8-10,15-16H2;10H,1-9,12-13H2. The van der Waals surface area contributed by atoms with Crippen LogP contribution in [0.25, 0.3) is 0 Å². The summed E-state index contributed by atoms with van der Waals surface area (Å²) in [5, 5.41) is 45.9. The van der Waals surface area contributed by atoms with Crippen LogP contribution >= 0.6 is 0 Å². The number of carbonyl (C=O) groups excluding carboxylic acids is 5. The zero-order valence-corrected chi connectivity index (χ0v) is 61.6. The average Bonchev–Trinajstić information content (AvgIpc) is 0.908. The highest BCUT2D eigenvalue weighted by atomic mass is 17.0. The van der Waals surface area contributed by atoms with Gasteiger partial charge in [0.05, 0.1) is 26.4 Å². The maximum absolute atomic E-state index is 11.9. The van der Waals surface area contributed by atoms with Gasteiger partial charge in [-0.3, -0.25) is 4.79 Å². The number of hydrogen-bond acceptors (Lipinski definition) is 35. The lowest BCUT2D eigenvalue weighted by Crippen LogP contribution is -2.34. The van der Waals surface area contributed by atoms with Gasteiger partial charge in [-0.25, -0.2) is 19.2 Å². The monoisotopic (exact) mass is 1550 g/mol. The number of unbranched alkanes of at least 4 members (excludes halogenated alkanes) is 7. The normalized spacial score (nSPS) is 11.8. The van der Waals surface area contributed by atoms with Crippen molar-refractivity contribution in [1.29, 1.82) is 0 Å². The molecule has 0 spiro atoms. The zero-order chi connectivity index (χ0) is 81.4. The Balaban J connectivity index is 0.00000134. The van der Waals surface area contributed by atoms with E-state index in [0.29, 0.717) is 146 Å². The van der Waals surface area contributed by atoms with Crippen LogP contribution in [0.15, 0.2) is 97.1 Å². The molecule has 4 rings (SSSR count). The van der Waals surface area contributed by atoms with Gasteiger partial charge in [-0.1, -0.05) is 80.6 Å². The smallest absolute Gasteiger partial charge is 0.328 e. The van der Waals surface area contributed by atoms with Gasteiger partial charge in [-0.15, -0.1) is 50.6 Å². The lowest BCUT2D eigenvalue weighted by atomic mass is 10.1. The molecule has 109 heavy (non-hydrogen) atoms. The lowest BCUT2D eigenvalue weighted by molar-refractivity contribution is -0.757. The zero-order valence-electron chi connectivity index (χ0n) is 61.6. The van der Waals surface area contributed by atoms with Crippen molar-refractivity contribution in [3.05, 3.63) is 170 Å². The lowest BCUT2D eigenvalue weighted by Gasteiger charge is -2.11. The van der Waals surface area contributed by atoms with E-state index in [9.17, 15) is 74.5 Å². The van der Waals surface area contributed by atoms with Gasteiger partial charge >= 0.3 is 29.8 Å². The van der Waals surface area contributed by atoms with Crippen molar-refractivity contribution in [3.8, 4) is 23.0 Å². The number of ether oxygens (including phenoxy) is 5. The quantitative estimate of drug-likeness (QED) is 0.00966. The van der Waals surface area contributed by atoms with Gasteiger partial charge in [0.25, 0.3) is 25.4 Å². The van der Waals surface area contributed by atoms with Crippen molar-refractivity contribution < 1.29 is 97.3 Å². The first kappa shape index (κ1) is 98.8.